The number of nitrogens with one attached hydrogen (secondary N) is 2. The van der Waals surface area contributed by atoms with Crippen molar-refractivity contribution >= 4 is 34.3 Å². The molecule has 174 valence electrons. The van der Waals surface area contributed by atoms with Gasteiger partial charge >= 0.3 is 0 Å². The Kier molecular flexibility index (Phi) is 5.46. The quantitative estimate of drug-likeness (QED) is 0.446. The molecule has 1 aromatic carbocycles. The van der Waals surface area contributed by atoms with Crippen LogP contribution in [0.25, 0.3) is 10.9 Å². The Morgan fingerprint density at radius 3 is 2.38 bits per heavy atom. The largest absolute Gasteiger partial charge is 0.357 e. The van der Waals surface area contributed by atoms with Gasteiger partial charge in [0.1, 0.15) is 0 Å². The molecule has 0 spiro atoms. The summed E-state index contributed by atoms with van der Waals surface area (Å²) in [5.74, 6) is -2.01. The number of carbonyl (C=O) groups is 3. The molecule has 34 heavy (non-hydrogen) atoms. The summed E-state index contributed by atoms with van der Waals surface area (Å²) in [6.07, 6.45) is 5.80. The Labute approximate surface area is 194 Å². The lowest BCUT2D eigenvalue weighted by atomic mass is 10.1. The van der Waals surface area contributed by atoms with Crippen LogP contribution in [0.3, 0.4) is 0 Å². The highest BCUT2D eigenvalue weighted by Crippen LogP contribution is 2.29. The number of pyridine rings is 1. The van der Waals surface area contributed by atoms with Crippen molar-refractivity contribution in [3.63, 3.8) is 0 Å². The molecule has 0 saturated carbocycles. The molecule has 0 unspecified atom stereocenters. The van der Waals surface area contributed by atoms with Crippen LogP contribution in [0.15, 0.2) is 55.1 Å². The number of rotatable bonds is 4. The third-order valence-corrected chi connectivity index (χ3v) is 5.89. The molecule has 11 heteroatoms. The number of piperazine rings is 1. The summed E-state index contributed by atoms with van der Waals surface area (Å²) in [5, 5.41) is 3.25. The molecular formula is C23H22FN7O3. The van der Waals surface area contributed by atoms with Crippen molar-refractivity contribution in [2.45, 2.75) is 0 Å². The van der Waals surface area contributed by atoms with E-state index in [1.807, 2.05) is 6.07 Å². The van der Waals surface area contributed by atoms with Crippen LogP contribution in [0, 0.1) is 5.82 Å². The lowest BCUT2D eigenvalue weighted by molar-refractivity contribution is -0.127. The van der Waals surface area contributed by atoms with Crippen LogP contribution in [-0.2, 0) is 4.79 Å². The maximum Gasteiger partial charge on any atom is 0.295 e. The van der Waals surface area contributed by atoms with E-state index in [-0.39, 0.29) is 29.9 Å². The second-order valence-corrected chi connectivity index (χ2v) is 8.04. The number of aromatic amines is 1. The highest BCUT2D eigenvalue weighted by atomic mass is 19.1. The fourth-order valence-corrected chi connectivity index (χ4v) is 4.11. The number of hydrazine groups is 2. The number of hydrogen-bond donors (Lipinski definition) is 2. The molecular weight excluding hydrogens is 441 g/mol. The van der Waals surface area contributed by atoms with Crippen LogP contribution in [0.2, 0.25) is 0 Å². The number of halogens is 1. The summed E-state index contributed by atoms with van der Waals surface area (Å²) in [6, 6.07) is 8.90. The van der Waals surface area contributed by atoms with Gasteiger partial charge in [0, 0.05) is 57.4 Å². The first-order valence-electron chi connectivity index (χ1n) is 10.7. The monoisotopic (exact) mass is 463 g/mol. The van der Waals surface area contributed by atoms with E-state index in [9.17, 15) is 18.8 Å². The van der Waals surface area contributed by atoms with Crippen LogP contribution in [0.5, 0.6) is 0 Å². The first-order valence-corrected chi connectivity index (χ1v) is 10.7. The number of amides is 2. The SMILES string of the molecule is CN1C=CN(c2ncc(F)c3c(C(=O)C(=O)N4CCN(C(=O)c5ccccc5)CC4)c[nH]c23)N1. The zero-order chi connectivity index (χ0) is 23.8. The number of H-pyrrole nitrogens is 1. The minimum atomic E-state index is -0.813. The van der Waals surface area contributed by atoms with Gasteiger partial charge in [0.25, 0.3) is 17.6 Å². The Balaban J connectivity index is 1.32. The molecule has 2 aliphatic rings. The van der Waals surface area contributed by atoms with Crippen molar-refractivity contribution in [3.8, 4) is 0 Å². The van der Waals surface area contributed by atoms with E-state index < -0.39 is 17.5 Å². The van der Waals surface area contributed by atoms with Crippen LogP contribution >= 0.6 is 0 Å². The molecule has 10 nitrogen and oxygen atoms in total. The molecule has 0 atom stereocenters. The summed E-state index contributed by atoms with van der Waals surface area (Å²) in [5.41, 5.74) is 3.79. The summed E-state index contributed by atoms with van der Waals surface area (Å²) in [6.45, 7) is 1.05. The van der Waals surface area contributed by atoms with Gasteiger partial charge in [-0.3, -0.25) is 19.4 Å². The van der Waals surface area contributed by atoms with Gasteiger partial charge < -0.3 is 14.8 Å². The average molecular weight is 463 g/mol. The van der Waals surface area contributed by atoms with Crippen molar-refractivity contribution in [3.05, 3.63) is 72.1 Å². The highest BCUT2D eigenvalue weighted by molar-refractivity contribution is 6.45. The van der Waals surface area contributed by atoms with E-state index in [0.29, 0.717) is 30.0 Å². The number of hydrogen-bond acceptors (Lipinski definition) is 7. The summed E-state index contributed by atoms with van der Waals surface area (Å²) >= 11 is 0. The number of Topliss-reactive ketones (excluding diaryl/α,β-unsaturated/α-hetero) is 1. The molecule has 0 bridgehead atoms. The second-order valence-electron chi connectivity index (χ2n) is 8.04. The Morgan fingerprint density at radius 1 is 1.00 bits per heavy atom. The molecule has 1 saturated heterocycles. The Bertz CT molecular complexity index is 1300. The molecule has 5 rings (SSSR count). The van der Waals surface area contributed by atoms with Crippen LogP contribution in [0.4, 0.5) is 10.2 Å². The normalized spacial score (nSPS) is 15.9. The number of anilines is 1. The average Bonchev–Trinajstić information content (AvgIpc) is 3.51. The zero-order valence-electron chi connectivity index (χ0n) is 18.4. The fourth-order valence-electron chi connectivity index (χ4n) is 4.11. The van der Waals surface area contributed by atoms with Crippen LogP contribution < -0.4 is 10.5 Å². The van der Waals surface area contributed by atoms with Gasteiger partial charge in [-0.25, -0.2) is 14.4 Å². The van der Waals surface area contributed by atoms with Gasteiger partial charge in [-0.1, -0.05) is 18.2 Å². The van der Waals surface area contributed by atoms with E-state index >= 15 is 0 Å². The number of fused-ring (bicyclic) bond motifs is 1. The predicted molar refractivity (Wildman–Crippen MR) is 122 cm³/mol. The van der Waals surface area contributed by atoms with Gasteiger partial charge in [0.2, 0.25) is 0 Å². The minimum absolute atomic E-state index is 0.00555. The standard InChI is InChI=1S/C23H22FN7O3/c1-28-7-12-31(27-28)21-19-18(17(24)14-26-21)16(13-25-19)20(32)23(34)30-10-8-29(9-11-30)22(33)15-5-3-2-4-6-15/h2-7,12-14,25,27H,8-11H2,1H3. The summed E-state index contributed by atoms with van der Waals surface area (Å²) in [7, 11) is 1.78. The molecule has 2 aliphatic heterocycles. The van der Waals surface area contributed by atoms with E-state index in [1.165, 1.54) is 11.1 Å². The highest BCUT2D eigenvalue weighted by Gasteiger charge is 2.31. The van der Waals surface area contributed by atoms with Crippen molar-refractivity contribution in [1.82, 2.24) is 30.3 Å². The third-order valence-electron chi connectivity index (χ3n) is 5.89. The number of carbonyl (C=O) groups excluding carboxylic acids is 3. The Hall–Kier alpha value is -4.25. The van der Waals surface area contributed by atoms with Crippen LogP contribution in [-0.4, -0.2) is 75.6 Å². The first-order chi connectivity index (χ1) is 16.4. The van der Waals surface area contributed by atoms with Gasteiger partial charge in [-0.2, -0.15) is 0 Å². The van der Waals surface area contributed by atoms with E-state index in [4.69, 9.17) is 0 Å². The number of benzene rings is 1. The van der Waals surface area contributed by atoms with Crippen molar-refractivity contribution in [2.75, 3.05) is 38.2 Å². The maximum absolute atomic E-state index is 14.7. The van der Waals surface area contributed by atoms with Crippen LogP contribution in [0.1, 0.15) is 20.7 Å². The fraction of sp³-hybridized carbons (Fsp3) is 0.217. The van der Waals surface area contributed by atoms with Gasteiger partial charge in [0.15, 0.2) is 11.6 Å². The van der Waals surface area contributed by atoms with E-state index in [1.54, 1.807) is 58.6 Å². The molecule has 2 aromatic heterocycles. The number of nitrogens with zero attached hydrogens (tertiary/aromatic N) is 5. The third kappa shape index (κ3) is 3.75. The van der Waals surface area contributed by atoms with Crippen molar-refractivity contribution < 1.29 is 18.8 Å². The summed E-state index contributed by atoms with van der Waals surface area (Å²) < 4.78 is 14.7. The number of aromatic nitrogens is 2. The van der Waals surface area contributed by atoms with Gasteiger partial charge in [-0.15, -0.1) is 5.53 Å². The van der Waals surface area contributed by atoms with Gasteiger partial charge in [0.05, 0.1) is 22.7 Å². The smallest absolute Gasteiger partial charge is 0.295 e. The molecule has 1 fully saturated rings. The van der Waals surface area contributed by atoms with Crippen molar-refractivity contribution in [1.29, 1.82) is 0 Å². The lowest BCUT2D eigenvalue weighted by Gasteiger charge is -2.34. The topological polar surface area (TPSA) is 105 Å². The first kappa shape index (κ1) is 21.6. The van der Waals surface area contributed by atoms with E-state index in [0.717, 1.165) is 6.20 Å². The second kappa shape index (κ2) is 8.60. The van der Waals surface area contributed by atoms with Crippen molar-refractivity contribution in [2.24, 2.45) is 0 Å². The molecule has 4 heterocycles. The molecule has 2 N–H and O–H groups in total. The minimum Gasteiger partial charge on any atom is -0.357 e. The molecule has 2 amide bonds. The van der Waals surface area contributed by atoms with E-state index in [2.05, 4.69) is 15.5 Å². The lowest BCUT2D eigenvalue weighted by Crippen LogP contribution is -2.52. The molecule has 0 aliphatic carbocycles. The zero-order valence-corrected chi connectivity index (χ0v) is 18.4. The predicted octanol–water partition coefficient (Wildman–Crippen LogP) is 1.51. The molecule has 3 aromatic rings. The van der Waals surface area contributed by atoms with Gasteiger partial charge in [-0.05, 0) is 12.1 Å². The Morgan fingerprint density at radius 2 is 1.71 bits per heavy atom. The molecule has 0 radical (unpaired) electrons. The number of ketones is 1. The maximum atomic E-state index is 14.7. The summed E-state index contributed by atoms with van der Waals surface area (Å²) in [4.78, 5) is 48.7.